The van der Waals surface area contributed by atoms with Crippen molar-refractivity contribution in [2.75, 3.05) is 6.61 Å². The number of hydrogen-bond donors (Lipinski definition) is 0. The molecule has 1 aromatic heterocycles. The van der Waals surface area contributed by atoms with Gasteiger partial charge in [-0.1, -0.05) is 26.7 Å². The minimum absolute atomic E-state index is 0.318. The molecule has 0 aromatic carbocycles. The van der Waals surface area contributed by atoms with Crippen LogP contribution in [0.4, 0.5) is 0 Å². The van der Waals surface area contributed by atoms with Crippen LogP contribution in [0.1, 0.15) is 68.9 Å². The zero-order valence-electron chi connectivity index (χ0n) is 12.9. The molecular formula is C15H25N3O2. The third-order valence-corrected chi connectivity index (χ3v) is 4.29. The van der Waals surface area contributed by atoms with Crippen LogP contribution in [0.3, 0.4) is 0 Å². The van der Waals surface area contributed by atoms with Gasteiger partial charge in [-0.2, -0.15) is 0 Å². The van der Waals surface area contributed by atoms with Gasteiger partial charge in [0.15, 0.2) is 0 Å². The van der Waals surface area contributed by atoms with Crippen LogP contribution in [0.15, 0.2) is 0 Å². The molecule has 0 saturated heterocycles. The maximum atomic E-state index is 12.1. The highest BCUT2D eigenvalue weighted by molar-refractivity contribution is 5.85. The lowest BCUT2D eigenvalue weighted by Crippen LogP contribution is -2.30. The van der Waals surface area contributed by atoms with Crippen molar-refractivity contribution in [1.29, 1.82) is 0 Å². The Kier molecular flexibility index (Phi) is 4.78. The van der Waals surface area contributed by atoms with E-state index in [1.54, 1.807) is 0 Å². The molecule has 112 valence electrons. The number of nitrogens with zero attached hydrogens (tertiary/aromatic N) is 3. The van der Waals surface area contributed by atoms with E-state index in [4.69, 9.17) is 4.74 Å². The largest absolute Gasteiger partial charge is 0.460 e. The van der Waals surface area contributed by atoms with E-state index >= 15 is 0 Å². The minimum Gasteiger partial charge on any atom is -0.460 e. The Bertz CT molecular complexity index is 468. The Morgan fingerprint density at radius 3 is 2.70 bits per heavy atom. The zero-order chi connectivity index (χ0) is 14.7. The summed E-state index contributed by atoms with van der Waals surface area (Å²) in [5, 5.41) is 8.14. The van der Waals surface area contributed by atoms with Crippen LogP contribution >= 0.6 is 0 Å². The molecular weight excluding hydrogens is 254 g/mol. The van der Waals surface area contributed by atoms with Gasteiger partial charge < -0.3 is 9.30 Å². The monoisotopic (exact) mass is 279 g/mol. The molecule has 2 atom stereocenters. The van der Waals surface area contributed by atoms with Gasteiger partial charge in [0.1, 0.15) is 5.82 Å². The van der Waals surface area contributed by atoms with E-state index in [0.717, 1.165) is 12.2 Å². The molecule has 1 heterocycles. The molecule has 0 radical (unpaired) electrons. The second kappa shape index (κ2) is 6.37. The highest BCUT2D eigenvalue weighted by Gasteiger charge is 2.33. The fourth-order valence-electron chi connectivity index (χ4n) is 3.34. The first-order chi connectivity index (χ1) is 9.56. The molecule has 0 N–H and O–H groups in total. The summed E-state index contributed by atoms with van der Waals surface area (Å²) >= 11 is 0. The first-order valence-corrected chi connectivity index (χ1v) is 7.64. The number of rotatable bonds is 4. The summed E-state index contributed by atoms with van der Waals surface area (Å²) in [6.07, 6.45) is 4.78. The zero-order valence-corrected chi connectivity index (χ0v) is 12.9. The highest BCUT2D eigenvalue weighted by Crippen LogP contribution is 2.39. The average Bonchev–Trinajstić information content (AvgIpc) is 2.80. The molecule has 1 fully saturated rings. The van der Waals surface area contributed by atoms with Gasteiger partial charge in [-0.05, 0) is 38.5 Å². The number of aryl methyl sites for hydroxylation is 1. The first kappa shape index (κ1) is 15.0. The molecule has 0 spiro atoms. The van der Waals surface area contributed by atoms with Gasteiger partial charge in [-0.15, -0.1) is 10.2 Å². The molecule has 5 nitrogen and oxygen atoms in total. The van der Waals surface area contributed by atoms with E-state index in [-0.39, 0.29) is 5.97 Å². The maximum absolute atomic E-state index is 12.1. The van der Waals surface area contributed by atoms with Crippen molar-refractivity contribution >= 4 is 5.97 Å². The number of ether oxygens (including phenoxy) is 1. The highest BCUT2D eigenvalue weighted by atomic mass is 16.5. The van der Waals surface area contributed by atoms with Crippen LogP contribution in [0.25, 0.3) is 0 Å². The number of carbonyl (C=O) groups excluding carboxylic acids is 1. The summed E-state index contributed by atoms with van der Waals surface area (Å²) in [7, 11) is 0. The molecule has 0 amide bonds. The van der Waals surface area contributed by atoms with Gasteiger partial charge in [0.05, 0.1) is 6.61 Å². The molecule has 1 aromatic rings. The first-order valence-electron chi connectivity index (χ1n) is 7.64. The van der Waals surface area contributed by atoms with Crippen molar-refractivity contribution in [3.63, 3.8) is 0 Å². The second-order valence-corrected chi connectivity index (χ2v) is 5.92. The van der Waals surface area contributed by atoms with Crippen LogP contribution in [0, 0.1) is 18.8 Å². The van der Waals surface area contributed by atoms with Gasteiger partial charge in [-0.25, -0.2) is 4.79 Å². The van der Waals surface area contributed by atoms with Crippen LogP contribution in [0.2, 0.25) is 0 Å². The van der Waals surface area contributed by atoms with E-state index in [9.17, 15) is 4.79 Å². The number of carbonyl (C=O) groups is 1. The van der Waals surface area contributed by atoms with Gasteiger partial charge in [0.2, 0.25) is 5.82 Å². The SMILES string of the molecule is CCOC(=O)c1nnc(C)n1C1CCCCC1C(C)C. The van der Waals surface area contributed by atoms with E-state index in [1.807, 2.05) is 18.4 Å². The lowest BCUT2D eigenvalue weighted by molar-refractivity contribution is 0.0494. The predicted octanol–water partition coefficient (Wildman–Crippen LogP) is 3.15. The summed E-state index contributed by atoms with van der Waals surface area (Å²) in [4.78, 5) is 12.1. The van der Waals surface area contributed by atoms with Crippen molar-refractivity contribution in [2.24, 2.45) is 11.8 Å². The Balaban J connectivity index is 2.34. The summed E-state index contributed by atoms with van der Waals surface area (Å²) in [6.45, 7) is 8.60. The Morgan fingerprint density at radius 1 is 1.35 bits per heavy atom. The van der Waals surface area contributed by atoms with Gasteiger partial charge >= 0.3 is 5.97 Å². The molecule has 2 unspecified atom stereocenters. The third-order valence-electron chi connectivity index (χ3n) is 4.29. The van der Waals surface area contributed by atoms with Crippen molar-refractivity contribution in [3.05, 3.63) is 11.6 Å². The lowest BCUT2D eigenvalue weighted by atomic mass is 9.77. The topological polar surface area (TPSA) is 57.0 Å². The van der Waals surface area contributed by atoms with E-state index < -0.39 is 0 Å². The smallest absolute Gasteiger partial charge is 0.376 e. The molecule has 1 aliphatic rings. The third kappa shape index (κ3) is 2.86. The lowest BCUT2D eigenvalue weighted by Gasteiger charge is -2.36. The Morgan fingerprint density at radius 2 is 2.05 bits per heavy atom. The molecule has 0 bridgehead atoms. The van der Waals surface area contributed by atoms with Crippen molar-refractivity contribution in [3.8, 4) is 0 Å². The Labute approximate surface area is 120 Å². The van der Waals surface area contributed by atoms with Crippen LogP contribution in [-0.2, 0) is 4.74 Å². The normalized spacial score (nSPS) is 23.1. The summed E-state index contributed by atoms with van der Waals surface area (Å²) in [5.41, 5.74) is 0. The maximum Gasteiger partial charge on any atom is 0.376 e. The summed E-state index contributed by atoms with van der Waals surface area (Å²) < 4.78 is 7.12. The predicted molar refractivity (Wildman–Crippen MR) is 76.5 cm³/mol. The molecule has 2 rings (SSSR count). The van der Waals surface area contributed by atoms with Crippen LogP contribution in [-0.4, -0.2) is 27.3 Å². The molecule has 5 heteroatoms. The number of hydrogen-bond acceptors (Lipinski definition) is 4. The molecule has 1 aliphatic carbocycles. The van der Waals surface area contributed by atoms with E-state index in [0.29, 0.717) is 30.3 Å². The van der Waals surface area contributed by atoms with E-state index in [2.05, 4.69) is 24.0 Å². The molecule has 20 heavy (non-hydrogen) atoms. The van der Waals surface area contributed by atoms with Crippen LogP contribution < -0.4 is 0 Å². The standard InChI is InChI=1S/C15H25N3O2/c1-5-20-15(19)14-17-16-11(4)18(14)13-9-7-6-8-12(13)10(2)3/h10,12-13H,5-9H2,1-4H3. The summed E-state index contributed by atoms with van der Waals surface area (Å²) in [6, 6.07) is 0.318. The van der Waals surface area contributed by atoms with Gasteiger partial charge in [-0.3, -0.25) is 0 Å². The van der Waals surface area contributed by atoms with Gasteiger partial charge in [0.25, 0.3) is 0 Å². The van der Waals surface area contributed by atoms with Crippen molar-refractivity contribution in [2.45, 2.75) is 59.4 Å². The molecule has 0 aliphatic heterocycles. The fraction of sp³-hybridized carbons (Fsp3) is 0.800. The van der Waals surface area contributed by atoms with Crippen LogP contribution in [0.5, 0.6) is 0 Å². The minimum atomic E-state index is -0.360. The second-order valence-electron chi connectivity index (χ2n) is 5.92. The summed E-state index contributed by atoms with van der Waals surface area (Å²) in [5.74, 6) is 1.98. The molecule has 1 saturated carbocycles. The number of esters is 1. The fourth-order valence-corrected chi connectivity index (χ4v) is 3.34. The van der Waals surface area contributed by atoms with Gasteiger partial charge in [0, 0.05) is 6.04 Å². The van der Waals surface area contributed by atoms with E-state index in [1.165, 1.54) is 19.3 Å². The van der Waals surface area contributed by atoms with Crippen molar-refractivity contribution in [1.82, 2.24) is 14.8 Å². The van der Waals surface area contributed by atoms with Crippen molar-refractivity contribution < 1.29 is 9.53 Å². The Hall–Kier alpha value is -1.39. The quantitative estimate of drug-likeness (QED) is 0.794. The average molecular weight is 279 g/mol. The number of aromatic nitrogens is 3.